The van der Waals surface area contributed by atoms with E-state index < -0.39 is 5.60 Å². The Kier molecular flexibility index (Phi) is 4.33. The monoisotopic (exact) mass is 270 g/mol. The molecule has 2 aliphatic rings. The Bertz CT molecular complexity index is 349. The number of hydrogen-bond acceptors (Lipinski definition) is 4. The van der Waals surface area contributed by atoms with E-state index in [1.54, 1.807) is 0 Å². The number of nitrogens with zero attached hydrogens (tertiary/aromatic N) is 1. The molecule has 0 spiro atoms. The van der Waals surface area contributed by atoms with Crippen molar-refractivity contribution in [2.24, 2.45) is 10.9 Å². The van der Waals surface area contributed by atoms with E-state index in [0.29, 0.717) is 17.6 Å². The summed E-state index contributed by atoms with van der Waals surface area (Å²) in [7, 11) is 0. The zero-order valence-electron chi connectivity index (χ0n) is 11.1. The fraction of sp³-hybridized carbons (Fsp3) is 0.846. The van der Waals surface area contributed by atoms with E-state index >= 15 is 0 Å². The highest BCUT2D eigenvalue weighted by Crippen LogP contribution is 2.30. The Morgan fingerprint density at radius 2 is 2.11 bits per heavy atom. The molecule has 1 atom stereocenters. The molecule has 18 heavy (non-hydrogen) atoms. The maximum Gasteiger partial charge on any atom is 0.239 e. The van der Waals surface area contributed by atoms with Crippen LogP contribution in [-0.4, -0.2) is 33.6 Å². The molecule has 2 fully saturated rings. The summed E-state index contributed by atoms with van der Waals surface area (Å²) in [5, 5.41) is 13.8. The van der Waals surface area contributed by atoms with Crippen molar-refractivity contribution in [1.29, 1.82) is 0 Å². The summed E-state index contributed by atoms with van der Waals surface area (Å²) < 4.78 is 0. The van der Waals surface area contributed by atoms with Crippen LogP contribution in [0.15, 0.2) is 4.99 Å². The van der Waals surface area contributed by atoms with E-state index in [1.165, 1.54) is 18.2 Å². The summed E-state index contributed by atoms with van der Waals surface area (Å²) in [6, 6.07) is 0. The molecule has 1 saturated carbocycles. The normalized spacial score (nSPS) is 29.9. The molecule has 1 amide bonds. The number of hydrogen-bond donors (Lipinski definition) is 2. The smallest absolute Gasteiger partial charge is 0.239 e. The summed E-state index contributed by atoms with van der Waals surface area (Å²) in [5.41, 5.74) is -0.646. The number of aliphatic imine (C=N–C) groups is 1. The molecule has 1 aliphatic carbocycles. The summed E-state index contributed by atoms with van der Waals surface area (Å²) in [6.45, 7) is 4.49. The van der Waals surface area contributed by atoms with E-state index in [2.05, 4.69) is 10.3 Å². The number of carbonyl (C=O) groups is 1. The fourth-order valence-corrected chi connectivity index (χ4v) is 3.46. The van der Waals surface area contributed by atoms with Crippen molar-refractivity contribution in [3.05, 3.63) is 0 Å². The lowest BCUT2D eigenvalue weighted by molar-refractivity contribution is -0.119. The van der Waals surface area contributed by atoms with Crippen LogP contribution in [-0.2, 0) is 4.79 Å². The average molecular weight is 270 g/mol. The Morgan fingerprint density at radius 3 is 2.67 bits per heavy atom. The van der Waals surface area contributed by atoms with Crippen LogP contribution in [0.4, 0.5) is 0 Å². The zero-order valence-corrected chi connectivity index (χ0v) is 11.9. The van der Waals surface area contributed by atoms with Crippen LogP contribution >= 0.6 is 11.8 Å². The van der Waals surface area contributed by atoms with Crippen LogP contribution in [0.1, 0.15) is 46.0 Å². The van der Waals surface area contributed by atoms with Crippen LogP contribution in [0, 0.1) is 5.92 Å². The van der Waals surface area contributed by atoms with Gasteiger partial charge in [-0.15, -0.1) is 0 Å². The highest BCUT2D eigenvalue weighted by atomic mass is 32.2. The third-order valence-corrected chi connectivity index (χ3v) is 5.10. The van der Waals surface area contributed by atoms with Crippen molar-refractivity contribution in [2.45, 2.75) is 56.8 Å². The fourth-order valence-electron chi connectivity index (χ4n) is 2.48. The second-order valence-electron chi connectivity index (χ2n) is 5.68. The van der Waals surface area contributed by atoms with Crippen molar-refractivity contribution < 1.29 is 9.90 Å². The minimum atomic E-state index is -0.646. The topological polar surface area (TPSA) is 61.7 Å². The minimum Gasteiger partial charge on any atom is -0.388 e. The van der Waals surface area contributed by atoms with Gasteiger partial charge in [0.25, 0.3) is 0 Å². The standard InChI is InChI=1S/C13H22N2O2S/c1-9(2)10-11(16)15-12(18-10)14-8-13(17)6-4-3-5-7-13/h9-10,17H,3-8H2,1-2H3,(H,14,15,16). The molecule has 1 unspecified atom stereocenters. The van der Waals surface area contributed by atoms with Gasteiger partial charge in [0.1, 0.15) is 0 Å². The molecule has 0 aromatic rings. The Hall–Kier alpha value is -0.550. The van der Waals surface area contributed by atoms with Crippen molar-refractivity contribution in [1.82, 2.24) is 5.32 Å². The van der Waals surface area contributed by atoms with Crippen molar-refractivity contribution in [2.75, 3.05) is 6.54 Å². The molecule has 0 aromatic carbocycles. The zero-order chi connectivity index (χ0) is 13.2. The van der Waals surface area contributed by atoms with Gasteiger partial charge in [0.05, 0.1) is 17.4 Å². The second kappa shape index (κ2) is 5.61. The largest absolute Gasteiger partial charge is 0.388 e. The molecule has 0 bridgehead atoms. The second-order valence-corrected chi connectivity index (χ2v) is 6.81. The molecule has 102 valence electrons. The molecule has 1 saturated heterocycles. The predicted molar refractivity (Wildman–Crippen MR) is 74.7 cm³/mol. The summed E-state index contributed by atoms with van der Waals surface area (Å²) in [5.74, 6) is 0.352. The number of amidine groups is 1. The van der Waals surface area contributed by atoms with Gasteiger partial charge in [-0.2, -0.15) is 0 Å². The van der Waals surface area contributed by atoms with E-state index in [1.807, 2.05) is 13.8 Å². The molecule has 0 aromatic heterocycles. The van der Waals surface area contributed by atoms with Crippen molar-refractivity contribution >= 4 is 22.8 Å². The minimum absolute atomic E-state index is 0.0373. The van der Waals surface area contributed by atoms with E-state index in [4.69, 9.17) is 0 Å². The molecule has 4 nitrogen and oxygen atoms in total. The lowest BCUT2D eigenvalue weighted by atomic mass is 9.85. The van der Waals surface area contributed by atoms with Gasteiger partial charge in [-0.05, 0) is 18.8 Å². The first kappa shape index (κ1) is 13.9. The van der Waals surface area contributed by atoms with Gasteiger partial charge in [0.2, 0.25) is 5.91 Å². The van der Waals surface area contributed by atoms with Crippen LogP contribution in [0.3, 0.4) is 0 Å². The molecular weight excluding hydrogens is 248 g/mol. The summed E-state index contributed by atoms with van der Waals surface area (Å²) in [4.78, 5) is 16.1. The van der Waals surface area contributed by atoms with Crippen LogP contribution in [0.5, 0.6) is 0 Å². The molecule has 2 rings (SSSR count). The molecule has 1 heterocycles. The lowest BCUT2D eigenvalue weighted by Gasteiger charge is -2.30. The van der Waals surface area contributed by atoms with Crippen molar-refractivity contribution in [3.8, 4) is 0 Å². The first-order valence-electron chi connectivity index (χ1n) is 6.74. The highest BCUT2D eigenvalue weighted by molar-refractivity contribution is 8.15. The van der Waals surface area contributed by atoms with Crippen molar-refractivity contribution in [3.63, 3.8) is 0 Å². The third-order valence-electron chi connectivity index (χ3n) is 3.63. The quantitative estimate of drug-likeness (QED) is 0.823. The Balaban J connectivity index is 1.92. The van der Waals surface area contributed by atoms with Gasteiger partial charge in [0.15, 0.2) is 5.17 Å². The van der Waals surface area contributed by atoms with Gasteiger partial charge in [0, 0.05) is 0 Å². The lowest BCUT2D eigenvalue weighted by Crippen LogP contribution is -2.35. The van der Waals surface area contributed by atoms with E-state index in [9.17, 15) is 9.90 Å². The molecular formula is C13H22N2O2S. The molecule has 0 radical (unpaired) electrons. The number of amides is 1. The van der Waals surface area contributed by atoms with Gasteiger partial charge in [-0.3, -0.25) is 9.79 Å². The Labute approximate surface area is 113 Å². The maximum absolute atomic E-state index is 11.7. The van der Waals surface area contributed by atoms with Crippen LogP contribution in [0.2, 0.25) is 0 Å². The Morgan fingerprint density at radius 1 is 1.44 bits per heavy atom. The highest BCUT2D eigenvalue weighted by Gasteiger charge is 2.34. The number of thioether (sulfide) groups is 1. The van der Waals surface area contributed by atoms with Gasteiger partial charge >= 0.3 is 0 Å². The SMILES string of the molecule is CC(C)C1SC(=NCC2(O)CCCCC2)NC1=O. The molecule has 2 N–H and O–H groups in total. The maximum atomic E-state index is 11.7. The first-order valence-corrected chi connectivity index (χ1v) is 7.62. The van der Waals surface area contributed by atoms with Crippen LogP contribution < -0.4 is 5.32 Å². The number of carbonyl (C=O) groups excluding carboxylic acids is 1. The van der Waals surface area contributed by atoms with Crippen LogP contribution in [0.25, 0.3) is 0 Å². The summed E-state index contributed by atoms with van der Waals surface area (Å²) in [6.07, 6.45) is 5.02. The number of aliphatic hydroxyl groups is 1. The third kappa shape index (κ3) is 3.26. The van der Waals surface area contributed by atoms with E-state index in [-0.39, 0.29) is 11.2 Å². The van der Waals surface area contributed by atoms with E-state index in [0.717, 1.165) is 25.7 Å². The number of rotatable bonds is 3. The first-order chi connectivity index (χ1) is 8.50. The molecule has 1 aliphatic heterocycles. The number of nitrogens with one attached hydrogen (secondary N) is 1. The van der Waals surface area contributed by atoms with Gasteiger partial charge in [-0.25, -0.2) is 0 Å². The van der Waals surface area contributed by atoms with Gasteiger partial charge in [-0.1, -0.05) is 44.9 Å². The average Bonchev–Trinajstić information content (AvgIpc) is 2.69. The molecule has 5 heteroatoms. The van der Waals surface area contributed by atoms with Gasteiger partial charge < -0.3 is 10.4 Å². The summed E-state index contributed by atoms with van der Waals surface area (Å²) >= 11 is 1.49. The predicted octanol–water partition coefficient (Wildman–Crippen LogP) is 1.93.